The molecule has 31 heavy (non-hydrogen) atoms. The average Bonchev–Trinajstić information content (AvgIpc) is 3.45. The van der Waals surface area contributed by atoms with Gasteiger partial charge in [0.15, 0.2) is 5.78 Å². The topological polar surface area (TPSA) is 17.1 Å². The van der Waals surface area contributed by atoms with E-state index in [0.717, 1.165) is 18.9 Å². The molecule has 1 aliphatic carbocycles. The lowest BCUT2D eigenvalue weighted by Gasteiger charge is -2.18. The Hall–Kier alpha value is -1.75. The number of carbonyl (C=O) groups is 1. The van der Waals surface area contributed by atoms with Crippen LogP contribution in [-0.4, -0.2) is 12.0 Å². The number of Topliss-reactive ketones (excluding diaryl/α,β-unsaturated/α-hetero) is 1. The Morgan fingerprint density at radius 3 is 2.26 bits per heavy atom. The Morgan fingerprint density at radius 1 is 1.16 bits per heavy atom. The zero-order chi connectivity index (χ0) is 23.0. The van der Waals surface area contributed by atoms with Crippen molar-refractivity contribution >= 4 is 46.7 Å². The fourth-order valence-corrected chi connectivity index (χ4v) is 4.12. The number of halogens is 6. The first-order chi connectivity index (χ1) is 14.5. The van der Waals surface area contributed by atoms with E-state index in [4.69, 9.17) is 34.8 Å². The van der Waals surface area contributed by atoms with E-state index >= 15 is 0 Å². The quantitative estimate of drug-likeness (QED) is 0.216. The van der Waals surface area contributed by atoms with Gasteiger partial charge < -0.3 is 0 Å². The standard InChI is InChI=1S/C24H20Cl3F3O/c1-3-23(8-9-23)13-21(31)17-6-4-15(10-14(17)2)5-7-18(24(28,29)30)16-11-19(25)22(27)20(26)12-16/h3-7,10-12,18H,1,8-9,13H2,2H3/b7-5+. The van der Waals surface area contributed by atoms with E-state index in [1.165, 1.54) is 18.2 Å². The van der Waals surface area contributed by atoms with Crippen LogP contribution in [0, 0.1) is 12.3 Å². The number of alkyl halides is 3. The van der Waals surface area contributed by atoms with Gasteiger partial charge in [0.05, 0.1) is 21.0 Å². The van der Waals surface area contributed by atoms with Gasteiger partial charge in [-0.3, -0.25) is 4.79 Å². The maximum absolute atomic E-state index is 13.7. The molecule has 164 valence electrons. The molecule has 0 heterocycles. The lowest BCUT2D eigenvalue weighted by Crippen LogP contribution is -2.19. The molecule has 1 nitrogen and oxygen atoms in total. The van der Waals surface area contributed by atoms with Crippen LogP contribution in [0.3, 0.4) is 0 Å². The lowest BCUT2D eigenvalue weighted by molar-refractivity contribution is -0.139. The van der Waals surface area contributed by atoms with Crippen molar-refractivity contribution in [1.82, 2.24) is 0 Å². The summed E-state index contributed by atoms with van der Waals surface area (Å²) in [7, 11) is 0. The van der Waals surface area contributed by atoms with Crippen LogP contribution < -0.4 is 0 Å². The van der Waals surface area contributed by atoms with Crippen molar-refractivity contribution in [2.24, 2.45) is 5.41 Å². The molecule has 3 rings (SSSR count). The van der Waals surface area contributed by atoms with Crippen LogP contribution in [0.15, 0.2) is 49.1 Å². The van der Waals surface area contributed by atoms with Crippen molar-refractivity contribution in [3.8, 4) is 0 Å². The molecule has 1 aliphatic rings. The van der Waals surface area contributed by atoms with Gasteiger partial charge in [-0.05, 0) is 54.0 Å². The Kier molecular flexibility index (Phi) is 6.95. The number of benzene rings is 2. The average molecular weight is 488 g/mol. The summed E-state index contributed by atoms with van der Waals surface area (Å²) in [6, 6.07) is 7.33. The maximum atomic E-state index is 13.7. The molecule has 0 N–H and O–H groups in total. The van der Waals surface area contributed by atoms with E-state index in [-0.39, 0.29) is 31.8 Å². The van der Waals surface area contributed by atoms with Crippen LogP contribution in [0.5, 0.6) is 0 Å². The van der Waals surface area contributed by atoms with E-state index < -0.39 is 12.1 Å². The van der Waals surface area contributed by atoms with Gasteiger partial charge in [0.25, 0.3) is 0 Å². The second-order valence-corrected chi connectivity index (χ2v) is 9.11. The second kappa shape index (κ2) is 9.01. The van der Waals surface area contributed by atoms with Gasteiger partial charge in [-0.1, -0.05) is 71.2 Å². The number of hydrogen-bond acceptors (Lipinski definition) is 1. The molecule has 0 bridgehead atoms. The van der Waals surface area contributed by atoms with Gasteiger partial charge in [0.2, 0.25) is 0 Å². The fraction of sp³-hybridized carbons (Fsp3) is 0.292. The van der Waals surface area contributed by atoms with E-state index in [2.05, 4.69) is 6.58 Å². The highest BCUT2D eigenvalue weighted by atomic mass is 35.5. The first-order valence-corrected chi connectivity index (χ1v) is 10.8. The monoisotopic (exact) mass is 486 g/mol. The molecule has 0 saturated heterocycles. The highest BCUT2D eigenvalue weighted by Gasteiger charge is 2.41. The maximum Gasteiger partial charge on any atom is 0.399 e. The number of aryl methyl sites for hydroxylation is 1. The summed E-state index contributed by atoms with van der Waals surface area (Å²) in [6.07, 6.45) is 2.03. The number of allylic oxidation sites excluding steroid dienone is 2. The van der Waals surface area contributed by atoms with Crippen LogP contribution in [0.4, 0.5) is 13.2 Å². The van der Waals surface area contributed by atoms with Crippen LogP contribution in [0.2, 0.25) is 15.1 Å². The van der Waals surface area contributed by atoms with E-state index in [9.17, 15) is 18.0 Å². The fourth-order valence-electron chi connectivity index (χ4n) is 3.50. The molecule has 0 aliphatic heterocycles. The molecular weight excluding hydrogens is 468 g/mol. The highest BCUT2D eigenvalue weighted by Crippen LogP contribution is 2.50. The minimum Gasteiger partial charge on any atom is -0.294 e. The van der Waals surface area contributed by atoms with Gasteiger partial charge in [-0.2, -0.15) is 13.2 Å². The molecule has 0 radical (unpaired) electrons. The van der Waals surface area contributed by atoms with Crippen LogP contribution in [0.25, 0.3) is 6.08 Å². The Labute approximate surface area is 194 Å². The van der Waals surface area contributed by atoms with Crippen molar-refractivity contribution in [2.75, 3.05) is 0 Å². The Balaban J connectivity index is 1.85. The highest BCUT2D eigenvalue weighted by molar-refractivity contribution is 6.48. The Morgan fingerprint density at radius 2 is 1.77 bits per heavy atom. The van der Waals surface area contributed by atoms with E-state index in [0.29, 0.717) is 23.1 Å². The van der Waals surface area contributed by atoms with Crippen molar-refractivity contribution in [3.05, 3.63) is 86.4 Å². The first-order valence-electron chi connectivity index (χ1n) is 9.62. The summed E-state index contributed by atoms with van der Waals surface area (Å²) in [6.45, 7) is 5.58. The molecule has 2 aromatic carbocycles. The van der Waals surface area contributed by atoms with Crippen LogP contribution in [-0.2, 0) is 0 Å². The summed E-state index contributed by atoms with van der Waals surface area (Å²) in [4.78, 5) is 12.6. The number of rotatable bonds is 7. The third-order valence-corrected chi connectivity index (χ3v) is 6.78. The summed E-state index contributed by atoms with van der Waals surface area (Å²) in [5.41, 5.74) is 1.65. The van der Waals surface area contributed by atoms with Crippen LogP contribution in [0.1, 0.15) is 52.2 Å². The Bertz CT molecular complexity index is 1030. The van der Waals surface area contributed by atoms with Gasteiger partial charge in [-0.25, -0.2) is 0 Å². The third kappa shape index (κ3) is 5.54. The van der Waals surface area contributed by atoms with Gasteiger partial charge in [0.1, 0.15) is 0 Å². The lowest BCUT2D eigenvalue weighted by atomic mass is 9.92. The predicted octanol–water partition coefficient (Wildman–Crippen LogP) is 8.85. The normalized spacial score (nSPS) is 16.4. The van der Waals surface area contributed by atoms with Crippen molar-refractivity contribution in [1.29, 1.82) is 0 Å². The zero-order valence-corrected chi connectivity index (χ0v) is 19.0. The predicted molar refractivity (Wildman–Crippen MR) is 121 cm³/mol. The van der Waals surface area contributed by atoms with Gasteiger partial charge in [-0.15, -0.1) is 6.58 Å². The summed E-state index contributed by atoms with van der Waals surface area (Å²) < 4.78 is 41.1. The molecule has 7 heteroatoms. The molecule has 0 amide bonds. The van der Waals surface area contributed by atoms with E-state index in [1.807, 2.05) is 6.08 Å². The van der Waals surface area contributed by atoms with Crippen molar-refractivity contribution in [3.63, 3.8) is 0 Å². The zero-order valence-electron chi connectivity index (χ0n) is 16.7. The molecule has 2 aromatic rings. The largest absolute Gasteiger partial charge is 0.399 e. The van der Waals surface area contributed by atoms with E-state index in [1.54, 1.807) is 25.1 Å². The summed E-state index contributed by atoms with van der Waals surface area (Å²) in [5.74, 6) is -1.90. The SMILES string of the molecule is C=CC1(CC(=O)c2ccc(/C=C/C(c3cc(Cl)c(Cl)c(Cl)c3)C(F)(F)F)cc2C)CC1. The van der Waals surface area contributed by atoms with Crippen molar-refractivity contribution in [2.45, 2.75) is 38.3 Å². The first kappa shape index (κ1) is 23.9. The molecule has 0 aromatic heterocycles. The van der Waals surface area contributed by atoms with Crippen molar-refractivity contribution < 1.29 is 18.0 Å². The molecule has 1 atom stereocenters. The molecule has 1 saturated carbocycles. The van der Waals surface area contributed by atoms with Gasteiger partial charge >= 0.3 is 6.18 Å². The molecular formula is C24H20Cl3F3O. The molecule has 0 spiro atoms. The minimum absolute atomic E-state index is 0.0114. The third-order valence-electron chi connectivity index (χ3n) is 5.59. The number of carbonyl (C=O) groups excluding carboxylic acids is 1. The summed E-state index contributed by atoms with van der Waals surface area (Å²) >= 11 is 17.7. The number of hydrogen-bond donors (Lipinski definition) is 0. The number of ketones is 1. The smallest absolute Gasteiger partial charge is 0.294 e. The van der Waals surface area contributed by atoms with Gasteiger partial charge in [0, 0.05) is 12.0 Å². The second-order valence-electron chi connectivity index (χ2n) is 7.92. The molecule has 1 fully saturated rings. The van der Waals surface area contributed by atoms with Crippen LogP contribution >= 0.6 is 34.8 Å². The minimum atomic E-state index is -4.55. The summed E-state index contributed by atoms with van der Waals surface area (Å²) in [5, 5.41) is -0.0748. The molecule has 1 unspecified atom stereocenters.